The molecule has 0 heterocycles. The van der Waals surface area contributed by atoms with Gasteiger partial charge in [0.25, 0.3) is 0 Å². The SMILES string of the molecule is CCCCC[C@@H](C)C(C)(C)NCC. The Morgan fingerprint density at radius 2 is 1.77 bits per heavy atom. The van der Waals surface area contributed by atoms with Gasteiger partial charge in [-0.15, -0.1) is 0 Å². The summed E-state index contributed by atoms with van der Waals surface area (Å²) < 4.78 is 0. The molecule has 0 aromatic rings. The average Bonchev–Trinajstić information content (AvgIpc) is 2.04. The quantitative estimate of drug-likeness (QED) is 0.598. The number of nitrogens with one attached hydrogen (secondary N) is 1. The fourth-order valence-electron chi connectivity index (χ4n) is 1.69. The molecule has 1 heteroatoms. The second-order valence-corrected chi connectivity index (χ2v) is 4.65. The highest BCUT2D eigenvalue weighted by atomic mass is 15.0. The molecule has 1 nitrogen and oxygen atoms in total. The van der Waals surface area contributed by atoms with Crippen LogP contribution in [0.4, 0.5) is 0 Å². The van der Waals surface area contributed by atoms with Crippen LogP contribution < -0.4 is 5.32 Å². The first-order valence-corrected chi connectivity index (χ1v) is 5.79. The zero-order valence-corrected chi connectivity index (χ0v) is 10.1. The summed E-state index contributed by atoms with van der Waals surface area (Å²) in [5, 5.41) is 3.55. The molecule has 0 unspecified atom stereocenters. The summed E-state index contributed by atoms with van der Waals surface area (Å²) in [6.07, 6.45) is 5.45. The van der Waals surface area contributed by atoms with Crippen LogP contribution in [0.3, 0.4) is 0 Å². The van der Waals surface area contributed by atoms with Crippen molar-refractivity contribution in [3.05, 3.63) is 0 Å². The summed E-state index contributed by atoms with van der Waals surface area (Å²) in [4.78, 5) is 0. The van der Waals surface area contributed by atoms with Gasteiger partial charge in [-0.2, -0.15) is 0 Å². The van der Waals surface area contributed by atoms with Crippen molar-refractivity contribution < 1.29 is 0 Å². The van der Waals surface area contributed by atoms with Crippen LogP contribution in [-0.2, 0) is 0 Å². The number of hydrogen-bond donors (Lipinski definition) is 1. The summed E-state index contributed by atoms with van der Waals surface area (Å²) in [7, 11) is 0. The molecule has 0 aliphatic rings. The van der Waals surface area contributed by atoms with Crippen molar-refractivity contribution in [3.63, 3.8) is 0 Å². The molecule has 0 aliphatic carbocycles. The lowest BCUT2D eigenvalue weighted by atomic mass is 9.85. The third-order valence-corrected chi connectivity index (χ3v) is 3.11. The zero-order valence-electron chi connectivity index (χ0n) is 10.1. The Hall–Kier alpha value is -0.0400. The number of rotatable bonds is 7. The Morgan fingerprint density at radius 3 is 2.23 bits per heavy atom. The van der Waals surface area contributed by atoms with Crippen molar-refractivity contribution in [2.45, 2.75) is 65.8 Å². The van der Waals surface area contributed by atoms with Gasteiger partial charge in [-0.05, 0) is 32.7 Å². The molecule has 1 N–H and O–H groups in total. The standard InChI is InChI=1S/C12H27N/c1-6-8-9-10-11(3)12(4,5)13-7-2/h11,13H,6-10H2,1-5H3/t11-/m1/s1. The van der Waals surface area contributed by atoms with Gasteiger partial charge in [-0.25, -0.2) is 0 Å². The minimum Gasteiger partial charge on any atom is -0.312 e. The summed E-state index contributed by atoms with van der Waals surface area (Å²) in [6.45, 7) is 12.5. The van der Waals surface area contributed by atoms with Gasteiger partial charge < -0.3 is 5.32 Å². The molecule has 0 aliphatic heterocycles. The van der Waals surface area contributed by atoms with E-state index >= 15 is 0 Å². The van der Waals surface area contributed by atoms with Crippen molar-refractivity contribution in [1.82, 2.24) is 5.32 Å². The lowest BCUT2D eigenvalue weighted by molar-refractivity contribution is 0.256. The van der Waals surface area contributed by atoms with Crippen molar-refractivity contribution in [2.75, 3.05) is 6.54 Å². The molecule has 0 fully saturated rings. The van der Waals surface area contributed by atoms with Crippen LogP contribution in [0.5, 0.6) is 0 Å². The van der Waals surface area contributed by atoms with E-state index in [-0.39, 0.29) is 0 Å². The predicted octanol–water partition coefficient (Wildman–Crippen LogP) is 3.59. The highest BCUT2D eigenvalue weighted by Crippen LogP contribution is 2.21. The van der Waals surface area contributed by atoms with E-state index in [1.807, 2.05) is 0 Å². The molecule has 0 rings (SSSR count). The number of hydrogen-bond acceptors (Lipinski definition) is 1. The Labute approximate surface area is 84.3 Å². The molecule has 0 aromatic heterocycles. The van der Waals surface area contributed by atoms with Crippen molar-refractivity contribution in [3.8, 4) is 0 Å². The molecule has 0 radical (unpaired) electrons. The second-order valence-electron chi connectivity index (χ2n) is 4.65. The minimum absolute atomic E-state index is 0.308. The second kappa shape index (κ2) is 6.42. The first-order chi connectivity index (χ1) is 6.04. The average molecular weight is 185 g/mol. The molecule has 0 bridgehead atoms. The van der Waals surface area contributed by atoms with Crippen molar-refractivity contribution in [1.29, 1.82) is 0 Å². The highest BCUT2D eigenvalue weighted by Gasteiger charge is 2.23. The molecule has 13 heavy (non-hydrogen) atoms. The van der Waals surface area contributed by atoms with Crippen LogP contribution in [0, 0.1) is 5.92 Å². The summed E-state index contributed by atoms with van der Waals surface area (Å²) in [5.41, 5.74) is 0.308. The lowest BCUT2D eigenvalue weighted by Gasteiger charge is -2.33. The van der Waals surface area contributed by atoms with E-state index in [9.17, 15) is 0 Å². The maximum atomic E-state index is 3.55. The summed E-state index contributed by atoms with van der Waals surface area (Å²) in [6, 6.07) is 0. The third-order valence-electron chi connectivity index (χ3n) is 3.11. The topological polar surface area (TPSA) is 12.0 Å². The molecule has 0 saturated heterocycles. The highest BCUT2D eigenvalue weighted by molar-refractivity contribution is 4.82. The van der Waals surface area contributed by atoms with E-state index in [4.69, 9.17) is 0 Å². The van der Waals surface area contributed by atoms with Gasteiger partial charge in [-0.1, -0.05) is 40.0 Å². The smallest absolute Gasteiger partial charge is 0.0150 e. The fourth-order valence-corrected chi connectivity index (χ4v) is 1.69. The van der Waals surface area contributed by atoms with Gasteiger partial charge in [0.15, 0.2) is 0 Å². The molecule has 1 atom stereocenters. The Balaban J connectivity index is 3.72. The van der Waals surface area contributed by atoms with Crippen molar-refractivity contribution in [2.24, 2.45) is 5.92 Å². The largest absolute Gasteiger partial charge is 0.312 e. The Kier molecular flexibility index (Phi) is 6.40. The third kappa shape index (κ3) is 5.30. The predicted molar refractivity (Wildman–Crippen MR) is 61.1 cm³/mol. The minimum atomic E-state index is 0.308. The van der Waals surface area contributed by atoms with E-state index in [0.717, 1.165) is 12.5 Å². The Morgan fingerprint density at radius 1 is 1.15 bits per heavy atom. The van der Waals surface area contributed by atoms with Crippen LogP contribution in [0.15, 0.2) is 0 Å². The van der Waals surface area contributed by atoms with E-state index in [1.54, 1.807) is 0 Å². The van der Waals surface area contributed by atoms with Crippen molar-refractivity contribution >= 4 is 0 Å². The zero-order chi connectivity index (χ0) is 10.3. The van der Waals surface area contributed by atoms with E-state index in [0.29, 0.717) is 5.54 Å². The van der Waals surface area contributed by atoms with Crippen LogP contribution in [0.1, 0.15) is 60.3 Å². The van der Waals surface area contributed by atoms with Gasteiger partial charge in [0.2, 0.25) is 0 Å². The van der Waals surface area contributed by atoms with Gasteiger partial charge in [-0.3, -0.25) is 0 Å². The molecule has 0 saturated carbocycles. The van der Waals surface area contributed by atoms with E-state index in [2.05, 4.69) is 39.9 Å². The van der Waals surface area contributed by atoms with Gasteiger partial charge in [0, 0.05) is 5.54 Å². The maximum Gasteiger partial charge on any atom is 0.0150 e. The first-order valence-electron chi connectivity index (χ1n) is 5.79. The molecular formula is C12H27N. The number of unbranched alkanes of at least 4 members (excludes halogenated alkanes) is 2. The maximum absolute atomic E-state index is 3.55. The molecule has 0 spiro atoms. The first kappa shape index (κ1) is 13.0. The monoisotopic (exact) mass is 185 g/mol. The van der Waals surface area contributed by atoms with Gasteiger partial charge in [0.1, 0.15) is 0 Å². The summed E-state index contributed by atoms with van der Waals surface area (Å²) >= 11 is 0. The van der Waals surface area contributed by atoms with E-state index in [1.165, 1.54) is 25.7 Å². The lowest BCUT2D eigenvalue weighted by Crippen LogP contribution is -2.44. The van der Waals surface area contributed by atoms with Crippen LogP contribution in [0.2, 0.25) is 0 Å². The van der Waals surface area contributed by atoms with Gasteiger partial charge in [0.05, 0.1) is 0 Å². The molecular weight excluding hydrogens is 158 g/mol. The molecule has 80 valence electrons. The van der Waals surface area contributed by atoms with E-state index < -0.39 is 0 Å². The molecule has 0 aromatic carbocycles. The summed E-state index contributed by atoms with van der Waals surface area (Å²) in [5.74, 6) is 0.777. The Bertz CT molecular complexity index is 118. The van der Waals surface area contributed by atoms with Crippen LogP contribution >= 0.6 is 0 Å². The van der Waals surface area contributed by atoms with Crippen LogP contribution in [0.25, 0.3) is 0 Å². The normalized spacial score (nSPS) is 14.5. The van der Waals surface area contributed by atoms with Gasteiger partial charge >= 0.3 is 0 Å². The fraction of sp³-hybridized carbons (Fsp3) is 1.00. The molecule has 0 amide bonds. The van der Waals surface area contributed by atoms with Crippen LogP contribution in [-0.4, -0.2) is 12.1 Å².